The molecule has 3 nitrogen and oxygen atoms in total. The summed E-state index contributed by atoms with van der Waals surface area (Å²) >= 11 is 0. The van der Waals surface area contributed by atoms with Crippen molar-refractivity contribution in [3.63, 3.8) is 0 Å². The molecule has 3 heteroatoms. The monoisotopic (exact) mass is 269 g/mol. The summed E-state index contributed by atoms with van der Waals surface area (Å²) in [5, 5.41) is 2.83. The molecule has 0 bridgehead atoms. The first-order chi connectivity index (χ1) is 9.56. The van der Waals surface area contributed by atoms with E-state index in [2.05, 4.69) is 5.32 Å². The van der Waals surface area contributed by atoms with Crippen LogP contribution in [0.3, 0.4) is 0 Å². The molecular weight excluding hydrogens is 250 g/mol. The predicted octanol–water partition coefficient (Wildman–Crippen LogP) is 3.84. The standard InChI is InChI=1S/C17H19NO2/c1-12-9-13(2)17(16(10-12)18-14(3)19)20-11-15-7-5-4-6-8-15/h4-10H,11H2,1-3H3,(H,18,19). The Labute approximate surface area is 119 Å². The minimum Gasteiger partial charge on any atom is -0.486 e. The summed E-state index contributed by atoms with van der Waals surface area (Å²) in [6.07, 6.45) is 0. The van der Waals surface area contributed by atoms with E-state index in [9.17, 15) is 4.79 Å². The van der Waals surface area contributed by atoms with Gasteiger partial charge in [-0.05, 0) is 36.6 Å². The summed E-state index contributed by atoms with van der Waals surface area (Å²) in [7, 11) is 0. The first kappa shape index (κ1) is 14.1. The molecule has 1 N–H and O–H groups in total. The molecule has 0 heterocycles. The Bertz CT molecular complexity index is 606. The zero-order valence-electron chi connectivity index (χ0n) is 12.1. The van der Waals surface area contributed by atoms with Crippen LogP contribution < -0.4 is 10.1 Å². The van der Waals surface area contributed by atoms with Gasteiger partial charge in [-0.15, -0.1) is 0 Å². The van der Waals surface area contributed by atoms with Crippen LogP contribution >= 0.6 is 0 Å². The van der Waals surface area contributed by atoms with Crippen LogP contribution in [0.2, 0.25) is 0 Å². The van der Waals surface area contributed by atoms with Crippen LogP contribution in [-0.4, -0.2) is 5.91 Å². The largest absolute Gasteiger partial charge is 0.486 e. The van der Waals surface area contributed by atoms with Gasteiger partial charge in [0.2, 0.25) is 5.91 Å². The average Bonchev–Trinajstić information content (AvgIpc) is 2.38. The molecule has 2 aromatic rings. The molecule has 0 aliphatic heterocycles. The number of hydrogen-bond acceptors (Lipinski definition) is 2. The molecule has 0 spiro atoms. The summed E-state index contributed by atoms with van der Waals surface area (Å²) < 4.78 is 5.90. The van der Waals surface area contributed by atoms with Gasteiger partial charge in [-0.3, -0.25) is 4.79 Å². The average molecular weight is 269 g/mol. The van der Waals surface area contributed by atoms with E-state index in [-0.39, 0.29) is 5.91 Å². The topological polar surface area (TPSA) is 38.3 Å². The highest BCUT2D eigenvalue weighted by Gasteiger charge is 2.10. The van der Waals surface area contributed by atoms with Crippen molar-refractivity contribution in [3.8, 4) is 5.75 Å². The smallest absolute Gasteiger partial charge is 0.221 e. The normalized spacial score (nSPS) is 10.2. The maximum absolute atomic E-state index is 11.3. The van der Waals surface area contributed by atoms with Crippen molar-refractivity contribution < 1.29 is 9.53 Å². The fourth-order valence-corrected chi connectivity index (χ4v) is 2.16. The quantitative estimate of drug-likeness (QED) is 0.915. The number of hydrogen-bond donors (Lipinski definition) is 1. The van der Waals surface area contributed by atoms with Crippen molar-refractivity contribution in [3.05, 3.63) is 59.2 Å². The lowest BCUT2D eigenvalue weighted by Crippen LogP contribution is -2.09. The van der Waals surface area contributed by atoms with Crippen LogP contribution in [0.15, 0.2) is 42.5 Å². The Morgan fingerprint density at radius 3 is 2.50 bits per heavy atom. The number of carbonyl (C=O) groups is 1. The molecule has 0 aliphatic rings. The van der Waals surface area contributed by atoms with Crippen molar-refractivity contribution in [2.75, 3.05) is 5.32 Å². The number of ether oxygens (including phenoxy) is 1. The van der Waals surface area contributed by atoms with Crippen molar-refractivity contribution in [1.29, 1.82) is 0 Å². The summed E-state index contributed by atoms with van der Waals surface area (Å²) in [4.78, 5) is 11.3. The second kappa shape index (κ2) is 6.24. The van der Waals surface area contributed by atoms with Crippen LogP contribution in [0, 0.1) is 13.8 Å². The Hall–Kier alpha value is -2.29. The maximum atomic E-state index is 11.3. The molecule has 2 rings (SSSR count). The molecule has 0 radical (unpaired) electrons. The predicted molar refractivity (Wildman–Crippen MR) is 81.0 cm³/mol. The van der Waals surface area contributed by atoms with Crippen LogP contribution in [0.25, 0.3) is 0 Å². The van der Waals surface area contributed by atoms with Crippen molar-refractivity contribution in [2.24, 2.45) is 0 Å². The van der Waals surface area contributed by atoms with E-state index in [1.807, 2.05) is 56.3 Å². The van der Waals surface area contributed by atoms with Crippen LogP contribution in [0.4, 0.5) is 5.69 Å². The molecule has 0 saturated carbocycles. The Kier molecular flexibility index (Phi) is 4.41. The zero-order valence-corrected chi connectivity index (χ0v) is 12.1. The van der Waals surface area contributed by atoms with Gasteiger partial charge in [-0.1, -0.05) is 36.4 Å². The fraction of sp³-hybridized carbons (Fsp3) is 0.235. The highest BCUT2D eigenvalue weighted by Crippen LogP contribution is 2.31. The molecule has 0 saturated heterocycles. The number of nitrogens with one attached hydrogen (secondary N) is 1. The van der Waals surface area contributed by atoms with Gasteiger partial charge in [0.15, 0.2) is 0 Å². The third-order valence-corrected chi connectivity index (χ3v) is 2.96. The van der Waals surface area contributed by atoms with Gasteiger partial charge in [0, 0.05) is 6.92 Å². The Balaban J connectivity index is 2.23. The SMILES string of the molecule is CC(=O)Nc1cc(C)cc(C)c1OCc1ccccc1. The van der Waals surface area contributed by atoms with Gasteiger partial charge in [0.05, 0.1) is 5.69 Å². The first-order valence-electron chi connectivity index (χ1n) is 6.62. The number of amides is 1. The maximum Gasteiger partial charge on any atom is 0.221 e. The second-order valence-electron chi connectivity index (χ2n) is 4.91. The molecule has 2 aromatic carbocycles. The lowest BCUT2D eigenvalue weighted by atomic mass is 10.1. The Morgan fingerprint density at radius 1 is 1.15 bits per heavy atom. The molecular formula is C17H19NO2. The van der Waals surface area contributed by atoms with E-state index in [0.717, 1.165) is 28.1 Å². The molecule has 0 fully saturated rings. The van der Waals surface area contributed by atoms with Crippen molar-refractivity contribution >= 4 is 11.6 Å². The third-order valence-electron chi connectivity index (χ3n) is 2.96. The Morgan fingerprint density at radius 2 is 1.85 bits per heavy atom. The van der Waals surface area contributed by atoms with Gasteiger partial charge in [0.1, 0.15) is 12.4 Å². The lowest BCUT2D eigenvalue weighted by Gasteiger charge is -2.15. The van der Waals surface area contributed by atoms with E-state index >= 15 is 0 Å². The van der Waals surface area contributed by atoms with Crippen molar-refractivity contribution in [1.82, 2.24) is 0 Å². The molecule has 0 atom stereocenters. The fourth-order valence-electron chi connectivity index (χ4n) is 2.16. The van der Waals surface area contributed by atoms with Crippen molar-refractivity contribution in [2.45, 2.75) is 27.4 Å². The van der Waals surface area contributed by atoms with Crippen LogP contribution in [-0.2, 0) is 11.4 Å². The highest BCUT2D eigenvalue weighted by molar-refractivity contribution is 5.90. The molecule has 104 valence electrons. The molecule has 0 aromatic heterocycles. The minimum atomic E-state index is -0.0976. The van der Waals surface area contributed by atoms with E-state index in [0.29, 0.717) is 6.61 Å². The number of carbonyl (C=O) groups excluding carboxylic acids is 1. The van der Waals surface area contributed by atoms with Gasteiger partial charge in [0.25, 0.3) is 0 Å². The molecule has 0 unspecified atom stereocenters. The molecule has 1 amide bonds. The zero-order chi connectivity index (χ0) is 14.5. The van der Waals surface area contributed by atoms with Gasteiger partial charge in [-0.2, -0.15) is 0 Å². The number of rotatable bonds is 4. The summed E-state index contributed by atoms with van der Waals surface area (Å²) in [6.45, 7) is 5.97. The van der Waals surface area contributed by atoms with Crippen LogP contribution in [0.1, 0.15) is 23.6 Å². The van der Waals surface area contributed by atoms with Gasteiger partial charge >= 0.3 is 0 Å². The minimum absolute atomic E-state index is 0.0976. The number of aryl methyl sites for hydroxylation is 2. The van der Waals surface area contributed by atoms with Gasteiger partial charge in [-0.25, -0.2) is 0 Å². The highest BCUT2D eigenvalue weighted by atomic mass is 16.5. The number of benzene rings is 2. The summed E-state index contributed by atoms with van der Waals surface area (Å²) in [5.41, 5.74) is 3.94. The van der Waals surface area contributed by atoms with Crippen LogP contribution in [0.5, 0.6) is 5.75 Å². The number of anilines is 1. The van der Waals surface area contributed by atoms with E-state index in [1.165, 1.54) is 6.92 Å². The van der Waals surface area contributed by atoms with Gasteiger partial charge < -0.3 is 10.1 Å². The summed E-state index contributed by atoms with van der Waals surface area (Å²) in [5.74, 6) is 0.634. The third kappa shape index (κ3) is 3.60. The molecule has 0 aliphatic carbocycles. The lowest BCUT2D eigenvalue weighted by molar-refractivity contribution is -0.114. The first-order valence-corrected chi connectivity index (χ1v) is 6.62. The van der Waals surface area contributed by atoms with E-state index < -0.39 is 0 Å². The molecule has 20 heavy (non-hydrogen) atoms. The van der Waals surface area contributed by atoms with E-state index in [1.54, 1.807) is 0 Å². The summed E-state index contributed by atoms with van der Waals surface area (Å²) in [6, 6.07) is 13.9. The second-order valence-corrected chi connectivity index (χ2v) is 4.91. The van der Waals surface area contributed by atoms with E-state index in [4.69, 9.17) is 4.74 Å².